The van der Waals surface area contributed by atoms with Gasteiger partial charge >= 0.3 is 0 Å². The summed E-state index contributed by atoms with van der Waals surface area (Å²) < 4.78 is 9.37. The van der Waals surface area contributed by atoms with E-state index in [4.69, 9.17) is 4.74 Å². The van der Waals surface area contributed by atoms with E-state index >= 15 is 0 Å². The zero-order valence-electron chi connectivity index (χ0n) is 10.3. The quantitative estimate of drug-likeness (QED) is 0.442. The fourth-order valence-corrected chi connectivity index (χ4v) is 2.01. The lowest BCUT2D eigenvalue weighted by molar-refractivity contribution is 0.0992. The molecule has 1 amide bonds. The van der Waals surface area contributed by atoms with Crippen LogP contribution in [0.3, 0.4) is 0 Å². The number of carbonyl (C=O) groups is 1. The van der Waals surface area contributed by atoms with Gasteiger partial charge in [-0.3, -0.25) is 4.79 Å². The number of carbonyl (C=O) groups excluding carboxylic acids is 1. The minimum Gasteiger partial charge on any atom is -0.493 e. The van der Waals surface area contributed by atoms with Crippen molar-refractivity contribution in [1.29, 1.82) is 0 Å². The summed E-state index contributed by atoms with van der Waals surface area (Å²) in [4.78, 5) is 11.8. The van der Waals surface area contributed by atoms with Crippen molar-refractivity contribution < 1.29 is 9.53 Å². The zero-order valence-corrected chi connectivity index (χ0v) is 11.8. The minimum atomic E-state index is -0.564. The summed E-state index contributed by atoms with van der Waals surface area (Å²) in [5.41, 5.74) is 0.489. The van der Waals surface area contributed by atoms with Gasteiger partial charge in [0.15, 0.2) is 9.68 Å². The van der Waals surface area contributed by atoms with E-state index in [9.17, 15) is 4.79 Å². The molecule has 0 unspecified atom stereocenters. The van der Waals surface area contributed by atoms with E-state index in [1.165, 1.54) is 0 Å². The molecule has 0 spiro atoms. The Morgan fingerprint density at radius 1 is 1.35 bits per heavy atom. The smallest absolute Gasteiger partial charge is 0.297 e. The Morgan fingerprint density at radius 2 is 2.12 bits per heavy atom. The molecule has 0 atom stereocenters. The Morgan fingerprint density at radius 3 is 2.82 bits per heavy atom. The Kier molecular flexibility index (Phi) is 6.17. The number of amides is 1. The summed E-state index contributed by atoms with van der Waals surface area (Å²) in [6.07, 6.45) is 1.11. The first-order valence-electron chi connectivity index (χ1n) is 5.93. The largest absolute Gasteiger partial charge is 0.493 e. The van der Waals surface area contributed by atoms with Crippen molar-refractivity contribution in [3.8, 4) is 5.75 Å². The molecule has 0 fully saturated rings. The van der Waals surface area contributed by atoms with Crippen molar-refractivity contribution in [3.05, 3.63) is 29.8 Å². The highest BCUT2D eigenvalue weighted by molar-refractivity contribution is 6.32. The number of hydrogen-bond donors (Lipinski definition) is 0. The number of hydrogen-bond acceptors (Lipinski definition) is 3. The lowest BCUT2D eigenvalue weighted by atomic mass is 10.2. The van der Waals surface area contributed by atoms with Gasteiger partial charge in [-0.15, -0.1) is 5.11 Å². The fourth-order valence-electron chi connectivity index (χ4n) is 1.32. The van der Waals surface area contributed by atoms with Crippen molar-refractivity contribution in [3.63, 3.8) is 0 Å². The molecule has 5 heteroatoms. The Bertz CT molecular complexity index is 394. The first-order chi connectivity index (χ1) is 8.29. The molecular formula is C12H18N2O2Si. The summed E-state index contributed by atoms with van der Waals surface area (Å²) in [7, 11) is -0.564. The molecule has 92 valence electrons. The number of para-hydroxylation sites is 1. The number of rotatable bonds is 6. The van der Waals surface area contributed by atoms with Crippen LogP contribution < -0.4 is 4.74 Å². The van der Waals surface area contributed by atoms with Crippen LogP contribution >= 0.6 is 0 Å². The van der Waals surface area contributed by atoms with Crippen LogP contribution in [0.5, 0.6) is 5.75 Å². The molecule has 0 N–H and O–H groups in total. The molecule has 0 aliphatic heterocycles. The third-order valence-corrected chi connectivity index (χ3v) is 3.56. The van der Waals surface area contributed by atoms with Gasteiger partial charge in [-0.2, -0.15) is 0 Å². The van der Waals surface area contributed by atoms with Crippen LogP contribution in [0, 0.1) is 0 Å². The van der Waals surface area contributed by atoms with Crippen LogP contribution in [0.25, 0.3) is 0 Å². The SMILES string of the molecule is CCC[SiH2]N=NC(=O)c1ccccc1OCC. The van der Waals surface area contributed by atoms with Gasteiger partial charge in [-0.25, -0.2) is 4.78 Å². The van der Waals surface area contributed by atoms with Crippen molar-refractivity contribution in [2.45, 2.75) is 26.3 Å². The summed E-state index contributed by atoms with van der Waals surface area (Å²) >= 11 is 0. The van der Waals surface area contributed by atoms with Gasteiger partial charge in [0.05, 0.1) is 12.2 Å². The average Bonchev–Trinajstić information content (AvgIpc) is 2.35. The first-order valence-corrected chi connectivity index (χ1v) is 7.56. The normalized spacial score (nSPS) is 11.4. The summed E-state index contributed by atoms with van der Waals surface area (Å²) in [5, 5.41) is 3.74. The van der Waals surface area contributed by atoms with Crippen molar-refractivity contribution in [2.75, 3.05) is 6.61 Å². The van der Waals surface area contributed by atoms with Crippen LogP contribution in [0.15, 0.2) is 34.2 Å². The Hall–Kier alpha value is -1.49. The lowest BCUT2D eigenvalue weighted by Crippen LogP contribution is -2.01. The number of nitrogens with zero attached hydrogens (tertiary/aromatic N) is 2. The summed E-state index contributed by atoms with van der Waals surface area (Å²) in [6, 6.07) is 8.22. The standard InChI is InChI=1S/C12H18N2O2Si/c1-3-9-17-14-13-12(15)10-7-5-6-8-11(10)16-4-2/h5-8H,3-4,9,17H2,1-2H3. The zero-order chi connectivity index (χ0) is 12.5. The maximum Gasteiger partial charge on any atom is 0.297 e. The molecule has 0 saturated heterocycles. The molecule has 4 nitrogen and oxygen atoms in total. The van der Waals surface area contributed by atoms with E-state index in [1.54, 1.807) is 18.2 Å². The monoisotopic (exact) mass is 250 g/mol. The van der Waals surface area contributed by atoms with E-state index < -0.39 is 9.68 Å². The maximum absolute atomic E-state index is 11.8. The molecule has 1 rings (SSSR count). The summed E-state index contributed by atoms with van der Waals surface area (Å²) in [6.45, 7) is 4.53. The molecule has 0 bridgehead atoms. The highest BCUT2D eigenvalue weighted by atomic mass is 28.2. The molecule has 0 saturated carbocycles. The predicted octanol–water partition coefficient (Wildman–Crippen LogP) is 2.59. The molecule has 0 aromatic heterocycles. The van der Waals surface area contributed by atoms with E-state index in [-0.39, 0.29) is 5.91 Å². The highest BCUT2D eigenvalue weighted by Gasteiger charge is 2.10. The van der Waals surface area contributed by atoms with Gasteiger partial charge < -0.3 is 4.74 Å². The average molecular weight is 250 g/mol. The van der Waals surface area contributed by atoms with Crippen molar-refractivity contribution >= 4 is 15.6 Å². The van der Waals surface area contributed by atoms with Gasteiger partial charge in [0.2, 0.25) is 0 Å². The maximum atomic E-state index is 11.8. The fraction of sp³-hybridized carbons (Fsp3) is 0.417. The van der Waals surface area contributed by atoms with Gasteiger partial charge in [0.1, 0.15) is 5.75 Å². The third kappa shape index (κ3) is 4.48. The molecule has 0 aliphatic rings. The van der Waals surface area contributed by atoms with Gasteiger partial charge in [0, 0.05) is 0 Å². The van der Waals surface area contributed by atoms with Gasteiger partial charge in [-0.1, -0.05) is 25.5 Å². The van der Waals surface area contributed by atoms with E-state index in [2.05, 4.69) is 16.8 Å². The van der Waals surface area contributed by atoms with Gasteiger partial charge in [-0.05, 0) is 25.1 Å². The number of ether oxygens (including phenoxy) is 1. The number of benzene rings is 1. The molecule has 1 aromatic rings. The van der Waals surface area contributed by atoms with E-state index in [1.807, 2.05) is 13.0 Å². The van der Waals surface area contributed by atoms with Crippen LogP contribution in [-0.4, -0.2) is 22.2 Å². The first kappa shape index (κ1) is 13.6. The minimum absolute atomic E-state index is 0.308. The molecule has 0 radical (unpaired) electrons. The predicted molar refractivity (Wildman–Crippen MR) is 70.4 cm³/mol. The van der Waals surface area contributed by atoms with E-state index in [0.717, 1.165) is 12.5 Å². The molecule has 0 heterocycles. The van der Waals surface area contributed by atoms with Gasteiger partial charge in [0.25, 0.3) is 5.91 Å². The van der Waals surface area contributed by atoms with Crippen LogP contribution in [0.4, 0.5) is 0 Å². The second kappa shape index (κ2) is 7.73. The van der Waals surface area contributed by atoms with Crippen LogP contribution in [0.1, 0.15) is 30.6 Å². The molecule has 0 aliphatic carbocycles. The summed E-state index contributed by atoms with van der Waals surface area (Å²) in [5.74, 6) is 0.272. The van der Waals surface area contributed by atoms with Crippen molar-refractivity contribution in [2.24, 2.45) is 9.89 Å². The second-order valence-corrected chi connectivity index (χ2v) is 4.99. The Balaban J connectivity index is 2.70. The van der Waals surface area contributed by atoms with E-state index in [0.29, 0.717) is 17.9 Å². The molecule has 17 heavy (non-hydrogen) atoms. The van der Waals surface area contributed by atoms with Crippen LogP contribution in [-0.2, 0) is 0 Å². The van der Waals surface area contributed by atoms with Crippen molar-refractivity contribution in [1.82, 2.24) is 0 Å². The lowest BCUT2D eigenvalue weighted by Gasteiger charge is -2.05. The van der Waals surface area contributed by atoms with Crippen LogP contribution in [0.2, 0.25) is 6.04 Å². The molecular weight excluding hydrogens is 232 g/mol. The second-order valence-electron chi connectivity index (χ2n) is 3.55. The third-order valence-electron chi connectivity index (χ3n) is 2.19. The Labute approximate surface area is 104 Å². The molecule has 1 aromatic carbocycles. The highest BCUT2D eigenvalue weighted by Crippen LogP contribution is 2.18. The topological polar surface area (TPSA) is 51.0 Å².